The van der Waals surface area contributed by atoms with Gasteiger partial charge in [-0.2, -0.15) is 4.98 Å². The minimum Gasteiger partial charge on any atom is -0.396 e. The molecule has 1 aromatic heterocycles. The molecule has 0 saturated carbocycles. The van der Waals surface area contributed by atoms with Crippen molar-refractivity contribution in [2.75, 3.05) is 6.61 Å². The highest BCUT2D eigenvalue weighted by atomic mass is 16.5. The monoisotopic (exact) mass is 232 g/mol. The van der Waals surface area contributed by atoms with Crippen molar-refractivity contribution in [3.05, 3.63) is 47.1 Å². The van der Waals surface area contributed by atoms with Crippen LogP contribution in [0.25, 0.3) is 0 Å². The molecule has 1 heterocycles. The number of benzene rings is 1. The molecule has 4 heteroatoms. The minimum atomic E-state index is 0.148. The first-order valence-corrected chi connectivity index (χ1v) is 5.76. The Bertz CT molecular complexity index is 480. The Hall–Kier alpha value is -1.68. The zero-order valence-corrected chi connectivity index (χ0v) is 9.89. The van der Waals surface area contributed by atoms with Crippen LogP contribution >= 0.6 is 0 Å². The quantitative estimate of drug-likeness (QED) is 0.855. The molecule has 0 amide bonds. The summed E-state index contributed by atoms with van der Waals surface area (Å²) in [5.74, 6) is 1.30. The van der Waals surface area contributed by atoms with E-state index in [4.69, 9.17) is 9.63 Å². The molecule has 0 fully saturated rings. The van der Waals surface area contributed by atoms with E-state index in [2.05, 4.69) is 29.2 Å². The van der Waals surface area contributed by atoms with Gasteiger partial charge in [0.1, 0.15) is 0 Å². The summed E-state index contributed by atoms with van der Waals surface area (Å²) >= 11 is 0. The number of hydrogen-bond acceptors (Lipinski definition) is 4. The first kappa shape index (κ1) is 11.8. The molecular weight excluding hydrogens is 216 g/mol. The molecule has 0 atom stereocenters. The number of aliphatic hydroxyl groups excluding tert-OH is 1. The highest BCUT2D eigenvalue weighted by Crippen LogP contribution is 2.12. The summed E-state index contributed by atoms with van der Waals surface area (Å²) in [5, 5.41) is 12.7. The summed E-state index contributed by atoms with van der Waals surface area (Å²) in [6.07, 6.45) is 1.98. The smallest absolute Gasteiger partial charge is 0.226 e. The van der Waals surface area contributed by atoms with Crippen LogP contribution in [0.4, 0.5) is 0 Å². The van der Waals surface area contributed by atoms with E-state index in [1.54, 1.807) is 0 Å². The van der Waals surface area contributed by atoms with Gasteiger partial charge in [0, 0.05) is 19.4 Å². The van der Waals surface area contributed by atoms with E-state index < -0.39 is 0 Å². The first-order valence-electron chi connectivity index (χ1n) is 5.76. The molecule has 0 spiro atoms. The second-order valence-electron chi connectivity index (χ2n) is 4.03. The maximum absolute atomic E-state index is 8.72. The molecule has 1 N–H and O–H groups in total. The predicted octanol–water partition coefficient (Wildman–Crippen LogP) is 1.89. The average molecular weight is 232 g/mol. The maximum Gasteiger partial charge on any atom is 0.226 e. The molecule has 0 aliphatic carbocycles. The van der Waals surface area contributed by atoms with Crippen molar-refractivity contribution in [2.45, 2.75) is 26.2 Å². The van der Waals surface area contributed by atoms with Gasteiger partial charge >= 0.3 is 0 Å². The van der Waals surface area contributed by atoms with E-state index in [0.717, 1.165) is 0 Å². The summed E-state index contributed by atoms with van der Waals surface area (Å²) in [6.45, 7) is 2.22. The lowest BCUT2D eigenvalue weighted by Gasteiger charge is -2.00. The SMILES string of the molecule is Cc1ccccc1Cc1noc(CCCO)n1. The fourth-order valence-corrected chi connectivity index (χ4v) is 1.67. The predicted molar refractivity (Wildman–Crippen MR) is 63.7 cm³/mol. The first-order chi connectivity index (χ1) is 8.29. The van der Waals surface area contributed by atoms with E-state index in [9.17, 15) is 0 Å². The van der Waals surface area contributed by atoms with Gasteiger partial charge in [0.15, 0.2) is 5.82 Å². The van der Waals surface area contributed by atoms with Gasteiger partial charge in [-0.3, -0.25) is 0 Å². The van der Waals surface area contributed by atoms with Gasteiger partial charge in [0.25, 0.3) is 0 Å². The van der Waals surface area contributed by atoms with Crippen molar-refractivity contribution in [3.8, 4) is 0 Å². The van der Waals surface area contributed by atoms with Crippen LogP contribution in [0.5, 0.6) is 0 Å². The third kappa shape index (κ3) is 3.14. The van der Waals surface area contributed by atoms with Crippen molar-refractivity contribution in [1.29, 1.82) is 0 Å². The van der Waals surface area contributed by atoms with E-state index in [1.165, 1.54) is 11.1 Å². The van der Waals surface area contributed by atoms with Gasteiger partial charge in [0.05, 0.1) is 0 Å². The molecule has 0 radical (unpaired) electrons. The van der Waals surface area contributed by atoms with Crippen molar-refractivity contribution in [2.24, 2.45) is 0 Å². The standard InChI is InChI=1S/C13H16N2O2/c1-10-5-2-3-6-11(10)9-12-14-13(17-15-12)7-4-8-16/h2-3,5-6,16H,4,7-9H2,1H3. The highest BCUT2D eigenvalue weighted by Gasteiger charge is 2.07. The van der Waals surface area contributed by atoms with Gasteiger partial charge in [-0.15, -0.1) is 0 Å². The molecule has 90 valence electrons. The third-order valence-electron chi connectivity index (χ3n) is 2.67. The Kier molecular flexibility index (Phi) is 3.88. The third-order valence-corrected chi connectivity index (χ3v) is 2.67. The van der Waals surface area contributed by atoms with Crippen molar-refractivity contribution >= 4 is 0 Å². The summed E-state index contributed by atoms with van der Waals surface area (Å²) in [7, 11) is 0. The van der Waals surface area contributed by atoms with Crippen LogP contribution in [0.3, 0.4) is 0 Å². The van der Waals surface area contributed by atoms with Crippen molar-refractivity contribution in [1.82, 2.24) is 10.1 Å². The van der Waals surface area contributed by atoms with Gasteiger partial charge in [-0.1, -0.05) is 29.4 Å². The molecule has 2 rings (SSSR count). The van der Waals surface area contributed by atoms with E-state index in [0.29, 0.717) is 31.0 Å². The zero-order chi connectivity index (χ0) is 12.1. The van der Waals surface area contributed by atoms with Crippen LogP contribution in [0.2, 0.25) is 0 Å². The topological polar surface area (TPSA) is 59.2 Å². The molecule has 0 saturated heterocycles. The van der Waals surface area contributed by atoms with Crippen LogP contribution in [-0.2, 0) is 12.8 Å². The molecule has 1 aromatic carbocycles. The fraction of sp³-hybridized carbons (Fsp3) is 0.385. The van der Waals surface area contributed by atoms with Crippen molar-refractivity contribution < 1.29 is 9.63 Å². The van der Waals surface area contributed by atoms with E-state index in [1.807, 2.05) is 12.1 Å². The molecular formula is C13H16N2O2. The van der Waals surface area contributed by atoms with Gasteiger partial charge in [-0.25, -0.2) is 0 Å². The number of aryl methyl sites for hydroxylation is 2. The number of hydrogen-bond donors (Lipinski definition) is 1. The summed E-state index contributed by atoms with van der Waals surface area (Å²) in [5.41, 5.74) is 2.44. The van der Waals surface area contributed by atoms with Crippen LogP contribution < -0.4 is 0 Å². The lowest BCUT2D eigenvalue weighted by molar-refractivity contribution is 0.278. The second-order valence-corrected chi connectivity index (χ2v) is 4.03. The van der Waals surface area contributed by atoms with Crippen LogP contribution in [0.15, 0.2) is 28.8 Å². The Morgan fingerprint density at radius 3 is 2.88 bits per heavy atom. The van der Waals surface area contributed by atoms with Crippen LogP contribution in [0.1, 0.15) is 29.3 Å². The van der Waals surface area contributed by atoms with Gasteiger partial charge < -0.3 is 9.63 Å². The molecule has 2 aromatic rings. The highest BCUT2D eigenvalue weighted by molar-refractivity contribution is 5.27. The normalized spacial score (nSPS) is 10.7. The molecule has 0 aliphatic heterocycles. The van der Waals surface area contributed by atoms with Gasteiger partial charge in [0.2, 0.25) is 5.89 Å². The van der Waals surface area contributed by atoms with E-state index >= 15 is 0 Å². The lowest BCUT2D eigenvalue weighted by atomic mass is 10.1. The average Bonchev–Trinajstić information content (AvgIpc) is 2.77. The number of aromatic nitrogens is 2. The summed E-state index contributed by atoms with van der Waals surface area (Å²) in [4.78, 5) is 4.30. The summed E-state index contributed by atoms with van der Waals surface area (Å²) in [6, 6.07) is 8.16. The Labute approximate surface area is 100 Å². The molecule has 4 nitrogen and oxygen atoms in total. The maximum atomic E-state index is 8.72. The number of nitrogens with zero attached hydrogens (tertiary/aromatic N) is 2. The fourth-order valence-electron chi connectivity index (χ4n) is 1.67. The molecule has 0 aliphatic rings. The van der Waals surface area contributed by atoms with Crippen molar-refractivity contribution in [3.63, 3.8) is 0 Å². The molecule has 17 heavy (non-hydrogen) atoms. The van der Waals surface area contributed by atoms with E-state index in [-0.39, 0.29) is 6.61 Å². The van der Waals surface area contributed by atoms with Crippen LogP contribution in [-0.4, -0.2) is 21.9 Å². The number of aliphatic hydroxyl groups is 1. The molecule has 0 bridgehead atoms. The largest absolute Gasteiger partial charge is 0.396 e. The number of rotatable bonds is 5. The second kappa shape index (κ2) is 5.59. The molecule has 0 unspecified atom stereocenters. The lowest BCUT2D eigenvalue weighted by Crippen LogP contribution is -1.94. The Balaban J connectivity index is 2.04. The minimum absolute atomic E-state index is 0.148. The van der Waals surface area contributed by atoms with Gasteiger partial charge in [-0.05, 0) is 24.5 Å². The Morgan fingerprint density at radius 1 is 1.29 bits per heavy atom. The Morgan fingerprint density at radius 2 is 2.12 bits per heavy atom. The van der Waals surface area contributed by atoms with Crippen LogP contribution in [0, 0.1) is 6.92 Å². The zero-order valence-electron chi connectivity index (χ0n) is 9.89. The summed E-state index contributed by atoms with van der Waals surface area (Å²) < 4.78 is 5.11.